The van der Waals surface area contributed by atoms with E-state index in [2.05, 4.69) is 10.6 Å². The summed E-state index contributed by atoms with van der Waals surface area (Å²) in [6, 6.07) is 7.65. The molecule has 1 aromatic carbocycles. The Morgan fingerprint density at radius 1 is 1.32 bits per heavy atom. The van der Waals surface area contributed by atoms with Crippen LogP contribution in [0.5, 0.6) is 0 Å². The van der Waals surface area contributed by atoms with Crippen LogP contribution in [0.15, 0.2) is 29.2 Å². The van der Waals surface area contributed by atoms with Gasteiger partial charge in [-0.1, -0.05) is 12.1 Å². The summed E-state index contributed by atoms with van der Waals surface area (Å²) < 4.78 is 4.81. The molecule has 2 atom stereocenters. The maximum Gasteiger partial charge on any atom is 0.307 e. The number of ether oxygens (including phenoxy) is 1. The van der Waals surface area contributed by atoms with Crippen molar-refractivity contribution < 1.29 is 14.3 Å². The van der Waals surface area contributed by atoms with Gasteiger partial charge in [-0.2, -0.15) is 0 Å². The van der Waals surface area contributed by atoms with E-state index in [1.54, 1.807) is 11.8 Å². The highest BCUT2D eigenvalue weighted by Crippen LogP contribution is 2.58. The second-order valence-corrected chi connectivity index (χ2v) is 7.86. The maximum absolute atomic E-state index is 12.8. The Morgan fingerprint density at radius 3 is 2.60 bits per heavy atom. The number of carbonyl (C=O) groups excluding carboxylic acids is 2. The van der Waals surface area contributed by atoms with Crippen LogP contribution in [0.3, 0.4) is 0 Å². The van der Waals surface area contributed by atoms with Crippen molar-refractivity contribution in [3.63, 3.8) is 0 Å². The third-order valence-electron chi connectivity index (χ3n) is 5.54. The Bertz CT molecular complexity index is 626. The molecule has 1 spiro atoms. The smallest absolute Gasteiger partial charge is 0.307 e. The minimum absolute atomic E-state index is 0.0738. The molecule has 136 valence electrons. The van der Waals surface area contributed by atoms with Gasteiger partial charge in [-0.15, -0.1) is 11.8 Å². The zero-order valence-electron chi connectivity index (χ0n) is 14.8. The average Bonchev–Trinajstić information content (AvgIpc) is 3.34. The molecule has 3 rings (SSSR count). The van der Waals surface area contributed by atoms with Crippen molar-refractivity contribution in [2.75, 3.05) is 26.5 Å². The highest BCUT2D eigenvalue weighted by Gasteiger charge is 2.57. The predicted octanol–water partition coefficient (Wildman–Crippen LogP) is 2.52. The lowest BCUT2D eigenvalue weighted by Crippen LogP contribution is -2.36. The van der Waals surface area contributed by atoms with Crippen LogP contribution in [0, 0.1) is 11.3 Å². The summed E-state index contributed by atoms with van der Waals surface area (Å²) in [6.07, 6.45) is 5.28. The molecule has 2 fully saturated rings. The molecule has 0 radical (unpaired) electrons. The van der Waals surface area contributed by atoms with Crippen molar-refractivity contribution in [1.82, 2.24) is 10.6 Å². The van der Waals surface area contributed by atoms with Gasteiger partial charge in [0.1, 0.15) is 0 Å². The summed E-state index contributed by atoms with van der Waals surface area (Å²) in [6.45, 7) is 1.98. The lowest BCUT2D eigenvalue weighted by Gasteiger charge is -2.24. The summed E-state index contributed by atoms with van der Waals surface area (Å²) in [5.74, 6) is -0.156. The molecule has 1 saturated heterocycles. The molecule has 2 unspecified atom stereocenters. The number of rotatable bonds is 6. The largest absolute Gasteiger partial charge is 0.469 e. The van der Waals surface area contributed by atoms with Gasteiger partial charge < -0.3 is 15.4 Å². The summed E-state index contributed by atoms with van der Waals surface area (Å²) in [4.78, 5) is 25.7. The number of hydrogen-bond acceptors (Lipinski definition) is 5. The van der Waals surface area contributed by atoms with Crippen LogP contribution in [0.1, 0.15) is 37.3 Å². The quantitative estimate of drug-likeness (QED) is 0.601. The fourth-order valence-corrected chi connectivity index (χ4v) is 4.21. The number of esters is 1. The lowest BCUT2D eigenvalue weighted by atomic mass is 9.91. The fourth-order valence-electron chi connectivity index (χ4n) is 3.81. The van der Waals surface area contributed by atoms with Crippen molar-refractivity contribution in [2.45, 2.75) is 36.6 Å². The molecule has 1 amide bonds. The van der Waals surface area contributed by atoms with E-state index in [4.69, 9.17) is 4.74 Å². The number of carbonyl (C=O) groups is 2. The number of amides is 1. The van der Waals surface area contributed by atoms with Crippen LogP contribution in [0.4, 0.5) is 0 Å². The normalized spacial score (nSPS) is 22.2. The molecule has 1 aromatic rings. The molecular weight excluding hydrogens is 336 g/mol. The molecule has 1 heterocycles. The molecule has 25 heavy (non-hydrogen) atoms. The van der Waals surface area contributed by atoms with Crippen LogP contribution < -0.4 is 10.6 Å². The van der Waals surface area contributed by atoms with Crippen LogP contribution in [-0.4, -0.2) is 38.3 Å². The van der Waals surface area contributed by atoms with Gasteiger partial charge >= 0.3 is 5.97 Å². The topological polar surface area (TPSA) is 67.4 Å². The number of nitrogens with one attached hydrogen (secondary N) is 2. The van der Waals surface area contributed by atoms with Crippen molar-refractivity contribution in [3.8, 4) is 0 Å². The third kappa shape index (κ3) is 4.18. The highest BCUT2D eigenvalue weighted by molar-refractivity contribution is 7.98. The third-order valence-corrected chi connectivity index (χ3v) is 6.28. The van der Waals surface area contributed by atoms with Crippen LogP contribution in [0.2, 0.25) is 0 Å². The Morgan fingerprint density at radius 2 is 2.00 bits per heavy atom. The molecule has 2 N–H and O–H groups in total. The lowest BCUT2D eigenvalue weighted by molar-refractivity contribution is -0.141. The standard InChI is InChI=1S/C19H26N2O3S/c1-24-17(22)11-16(13-3-5-14(25-2)6-4-13)21-18(23)15-12-19(15)7-9-20-10-8-19/h3-6,15-16,20H,7-12H2,1-2H3,(H,21,23). The molecule has 6 heteroatoms. The van der Waals surface area contributed by atoms with E-state index >= 15 is 0 Å². The number of thioether (sulfide) groups is 1. The first kappa shape index (κ1) is 18.3. The summed E-state index contributed by atoms with van der Waals surface area (Å²) in [7, 11) is 1.38. The summed E-state index contributed by atoms with van der Waals surface area (Å²) in [5.41, 5.74) is 1.13. The maximum atomic E-state index is 12.8. The van der Waals surface area contributed by atoms with E-state index < -0.39 is 0 Å². The van der Waals surface area contributed by atoms with Gasteiger partial charge in [-0.05, 0) is 61.7 Å². The van der Waals surface area contributed by atoms with Gasteiger partial charge in [-0.25, -0.2) is 0 Å². The fraction of sp³-hybridized carbons (Fsp3) is 0.579. The van der Waals surface area contributed by atoms with Gasteiger partial charge in [0.25, 0.3) is 0 Å². The van der Waals surface area contributed by atoms with Crippen molar-refractivity contribution in [3.05, 3.63) is 29.8 Å². The minimum Gasteiger partial charge on any atom is -0.469 e. The predicted molar refractivity (Wildman–Crippen MR) is 98.4 cm³/mol. The van der Waals surface area contributed by atoms with Gasteiger partial charge in [0.15, 0.2) is 0 Å². The molecule has 1 aliphatic heterocycles. The Balaban J connectivity index is 1.68. The Kier molecular flexibility index (Phi) is 5.69. The SMILES string of the molecule is COC(=O)CC(NC(=O)C1CC12CCNCC2)c1ccc(SC)cc1. The highest BCUT2D eigenvalue weighted by atomic mass is 32.2. The van der Waals surface area contributed by atoms with E-state index in [-0.39, 0.29) is 35.7 Å². The van der Waals surface area contributed by atoms with Gasteiger partial charge in [-0.3, -0.25) is 9.59 Å². The first-order valence-corrected chi connectivity index (χ1v) is 10.0. The number of piperidine rings is 1. The first-order valence-electron chi connectivity index (χ1n) is 8.80. The van der Waals surface area contributed by atoms with Gasteiger partial charge in [0.2, 0.25) is 5.91 Å². The van der Waals surface area contributed by atoms with Gasteiger partial charge in [0, 0.05) is 10.8 Å². The zero-order valence-corrected chi connectivity index (χ0v) is 15.7. The molecule has 0 bridgehead atoms. The number of hydrogen-bond donors (Lipinski definition) is 2. The molecule has 2 aliphatic rings. The van der Waals surface area contributed by atoms with Crippen LogP contribution in [0.25, 0.3) is 0 Å². The van der Waals surface area contributed by atoms with Crippen LogP contribution >= 0.6 is 11.8 Å². The number of benzene rings is 1. The van der Waals surface area contributed by atoms with E-state index in [1.807, 2.05) is 30.5 Å². The summed E-state index contributed by atoms with van der Waals surface area (Å²) in [5, 5.41) is 6.46. The Hall–Kier alpha value is -1.53. The Labute approximate surface area is 153 Å². The monoisotopic (exact) mass is 362 g/mol. The van der Waals surface area contributed by atoms with E-state index in [0.29, 0.717) is 0 Å². The number of methoxy groups -OCH3 is 1. The minimum atomic E-state index is -0.338. The first-order chi connectivity index (χ1) is 12.1. The van der Waals surface area contributed by atoms with Crippen LogP contribution in [-0.2, 0) is 14.3 Å². The van der Waals surface area contributed by atoms with Crippen molar-refractivity contribution in [1.29, 1.82) is 0 Å². The second-order valence-electron chi connectivity index (χ2n) is 6.98. The van der Waals surface area contributed by atoms with Crippen molar-refractivity contribution >= 4 is 23.6 Å². The molecule has 1 saturated carbocycles. The van der Waals surface area contributed by atoms with E-state index in [0.717, 1.165) is 42.8 Å². The zero-order chi connectivity index (χ0) is 17.9. The van der Waals surface area contributed by atoms with Gasteiger partial charge in [0.05, 0.1) is 19.6 Å². The van der Waals surface area contributed by atoms with Crippen molar-refractivity contribution in [2.24, 2.45) is 11.3 Å². The summed E-state index contributed by atoms with van der Waals surface area (Å²) >= 11 is 1.67. The molecular formula is C19H26N2O3S. The molecule has 5 nitrogen and oxygen atoms in total. The average molecular weight is 362 g/mol. The van der Waals surface area contributed by atoms with E-state index in [1.165, 1.54) is 7.11 Å². The molecule has 0 aromatic heterocycles. The van der Waals surface area contributed by atoms with E-state index in [9.17, 15) is 9.59 Å². The second kappa shape index (κ2) is 7.79. The molecule has 1 aliphatic carbocycles.